The highest BCUT2D eigenvalue weighted by atomic mass is 32.2. The lowest BCUT2D eigenvalue weighted by Crippen LogP contribution is -2.41. The van der Waals surface area contributed by atoms with Gasteiger partial charge in [-0.3, -0.25) is 0 Å². The number of hydrogen-bond acceptors (Lipinski definition) is 6. The maximum absolute atomic E-state index is 13.2. The maximum Gasteiger partial charge on any atom is 0.258 e. The molecule has 4 rings (SSSR count). The molecule has 1 saturated carbocycles. The lowest BCUT2D eigenvalue weighted by atomic mass is 9.91. The van der Waals surface area contributed by atoms with Gasteiger partial charge in [0.05, 0.1) is 11.8 Å². The normalized spacial score (nSPS) is 22.0. The highest BCUT2D eigenvalue weighted by Crippen LogP contribution is 2.35. The molecule has 2 aliphatic rings. The summed E-state index contributed by atoms with van der Waals surface area (Å²) in [5.41, 5.74) is 7.56. The first-order valence-corrected chi connectivity index (χ1v) is 12.3. The predicted molar refractivity (Wildman–Crippen MR) is 111 cm³/mol. The first kappa shape index (κ1) is 20.5. The molecule has 7 nitrogen and oxygen atoms in total. The molecule has 2 fully saturated rings. The number of sulfonamides is 1. The number of benzene rings is 1. The molecule has 1 saturated heterocycles. The summed E-state index contributed by atoms with van der Waals surface area (Å²) in [6.07, 6.45) is 8.08. The van der Waals surface area contributed by atoms with E-state index in [-0.39, 0.29) is 17.7 Å². The molecule has 2 aromatic rings. The summed E-state index contributed by atoms with van der Waals surface area (Å²) < 4.78 is 33.6. The third kappa shape index (κ3) is 4.54. The third-order valence-corrected chi connectivity index (χ3v) is 8.23. The fourth-order valence-electron chi connectivity index (χ4n) is 4.63. The van der Waals surface area contributed by atoms with Gasteiger partial charge in [0.2, 0.25) is 10.0 Å². The largest absolute Gasteiger partial charge is 0.334 e. The Kier molecular flexibility index (Phi) is 6.32. The molecule has 0 spiro atoms. The maximum atomic E-state index is 13.2. The molecule has 0 unspecified atom stereocenters. The molecule has 1 aromatic carbocycles. The van der Waals surface area contributed by atoms with Gasteiger partial charge in [0.1, 0.15) is 0 Å². The molecule has 0 amide bonds. The molecule has 29 heavy (non-hydrogen) atoms. The Labute approximate surface area is 172 Å². The zero-order chi connectivity index (χ0) is 20.3. The molecule has 1 aromatic heterocycles. The molecule has 1 aliphatic heterocycles. The van der Waals surface area contributed by atoms with E-state index >= 15 is 0 Å². The van der Waals surface area contributed by atoms with Crippen LogP contribution in [-0.4, -0.2) is 35.2 Å². The Bertz CT molecular complexity index is 922. The molecule has 158 valence electrons. The second kappa shape index (κ2) is 8.93. The first-order chi connectivity index (χ1) is 14.1. The van der Waals surface area contributed by atoms with Gasteiger partial charge in [-0.1, -0.05) is 49.0 Å². The minimum Gasteiger partial charge on any atom is -0.334 e. The number of hydrogen-bond donors (Lipinski definition) is 1. The van der Waals surface area contributed by atoms with E-state index in [1.54, 1.807) is 4.31 Å². The van der Waals surface area contributed by atoms with E-state index in [1.807, 2.05) is 24.3 Å². The fourth-order valence-corrected chi connectivity index (χ4v) is 6.75. The lowest BCUT2D eigenvalue weighted by molar-refractivity contribution is 0.238. The van der Waals surface area contributed by atoms with E-state index in [9.17, 15) is 8.42 Å². The predicted octanol–water partition coefficient (Wildman–Crippen LogP) is 3.63. The second-order valence-electron chi connectivity index (χ2n) is 8.22. The van der Waals surface area contributed by atoms with E-state index in [4.69, 9.17) is 10.3 Å². The average Bonchev–Trinajstić information content (AvgIpc) is 3.24. The molecule has 0 radical (unpaired) electrons. The van der Waals surface area contributed by atoms with Gasteiger partial charge in [0.25, 0.3) is 5.89 Å². The Morgan fingerprint density at radius 3 is 2.62 bits per heavy atom. The van der Waals surface area contributed by atoms with Gasteiger partial charge in [-0.25, -0.2) is 8.42 Å². The van der Waals surface area contributed by atoms with Crippen LogP contribution in [0.5, 0.6) is 0 Å². The summed E-state index contributed by atoms with van der Waals surface area (Å²) in [4.78, 5) is 4.58. The van der Waals surface area contributed by atoms with Gasteiger partial charge in [0.15, 0.2) is 5.82 Å². The van der Waals surface area contributed by atoms with Crippen molar-refractivity contribution < 1.29 is 12.9 Å². The Balaban J connectivity index is 1.57. The number of aromatic nitrogens is 2. The van der Waals surface area contributed by atoms with Gasteiger partial charge in [0, 0.05) is 18.7 Å². The summed E-state index contributed by atoms with van der Waals surface area (Å²) in [6, 6.07) is 7.31. The van der Waals surface area contributed by atoms with Crippen LogP contribution in [0.1, 0.15) is 68.8 Å². The molecule has 2 N–H and O–H groups in total. The topological polar surface area (TPSA) is 102 Å². The van der Waals surface area contributed by atoms with E-state index in [0.29, 0.717) is 24.8 Å². The zero-order valence-electron chi connectivity index (χ0n) is 16.8. The van der Waals surface area contributed by atoms with Crippen molar-refractivity contribution in [3.63, 3.8) is 0 Å². The highest BCUT2D eigenvalue weighted by molar-refractivity contribution is 7.89. The minimum atomic E-state index is -3.36. The minimum absolute atomic E-state index is 0.240. The van der Waals surface area contributed by atoms with Gasteiger partial charge >= 0.3 is 0 Å². The summed E-state index contributed by atoms with van der Waals surface area (Å²) >= 11 is 0. The van der Waals surface area contributed by atoms with Crippen molar-refractivity contribution >= 4 is 10.0 Å². The van der Waals surface area contributed by atoms with Crippen molar-refractivity contribution in [3.05, 3.63) is 35.7 Å². The summed E-state index contributed by atoms with van der Waals surface area (Å²) in [5, 5.41) is 4.17. The molecule has 1 atom stereocenters. The van der Waals surface area contributed by atoms with Crippen LogP contribution in [-0.2, 0) is 16.6 Å². The van der Waals surface area contributed by atoms with Crippen LogP contribution in [0, 0.1) is 5.92 Å². The van der Waals surface area contributed by atoms with E-state index < -0.39 is 10.0 Å². The number of nitrogens with zero attached hydrogens (tertiary/aromatic N) is 3. The molecule has 8 heteroatoms. The van der Waals surface area contributed by atoms with Crippen LogP contribution in [0.15, 0.2) is 28.8 Å². The number of nitrogens with two attached hydrogens (primary N) is 1. The Hall–Kier alpha value is -1.77. The van der Waals surface area contributed by atoms with Crippen LogP contribution < -0.4 is 5.73 Å². The van der Waals surface area contributed by atoms with Crippen molar-refractivity contribution in [2.24, 2.45) is 11.7 Å². The van der Waals surface area contributed by atoms with E-state index in [2.05, 4.69) is 10.1 Å². The third-order valence-electron chi connectivity index (χ3n) is 6.19. The van der Waals surface area contributed by atoms with Crippen LogP contribution in [0.4, 0.5) is 0 Å². The second-order valence-corrected chi connectivity index (χ2v) is 10.2. The Morgan fingerprint density at radius 1 is 1.07 bits per heavy atom. The monoisotopic (exact) mass is 418 g/mol. The average molecular weight is 419 g/mol. The van der Waals surface area contributed by atoms with E-state index in [0.717, 1.165) is 56.1 Å². The van der Waals surface area contributed by atoms with Crippen molar-refractivity contribution in [1.29, 1.82) is 0 Å². The van der Waals surface area contributed by atoms with Gasteiger partial charge in [-0.15, -0.1) is 0 Å². The van der Waals surface area contributed by atoms with Crippen molar-refractivity contribution in [2.45, 2.75) is 64.0 Å². The quantitative estimate of drug-likeness (QED) is 0.768. The van der Waals surface area contributed by atoms with Gasteiger partial charge in [-0.05, 0) is 43.2 Å². The smallest absolute Gasteiger partial charge is 0.258 e. The van der Waals surface area contributed by atoms with Crippen LogP contribution >= 0.6 is 0 Å². The molecule has 2 heterocycles. The number of rotatable bonds is 6. The van der Waals surface area contributed by atoms with Crippen molar-refractivity contribution in [2.75, 3.05) is 12.3 Å². The Morgan fingerprint density at radius 2 is 1.83 bits per heavy atom. The summed E-state index contributed by atoms with van der Waals surface area (Å²) in [6.45, 7) is 0.905. The fraction of sp³-hybridized carbons (Fsp3) is 0.619. The van der Waals surface area contributed by atoms with Crippen LogP contribution in [0.3, 0.4) is 0 Å². The van der Waals surface area contributed by atoms with Crippen molar-refractivity contribution in [3.8, 4) is 11.5 Å². The van der Waals surface area contributed by atoms with Crippen LogP contribution in [0.25, 0.3) is 11.5 Å². The molecule has 1 aliphatic carbocycles. The summed E-state index contributed by atoms with van der Waals surface area (Å²) in [5.74, 6) is 1.37. The SMILES string of the molecule is NCc1ccccc1-c1nc([C@@H]2CCCCN2S(=O)(=O)CC2CCCCC2)no1. The molecule has 0 bridgehead atoms. The lowest BCUT2D eigenvalue weighted by Gasteiger charge is -2.34. The van der Waals surface area contributed by atoms with Gasteiger partial charge in [-0.2, -0.15) is 9.29 Å². The van der Waals surface area contributed by atoms with Gasteiger partial charge < -0.3 is 10.3 Å². The molecular formula is C21H30N4O3S. The standard InChI is InChI=1S/C21H30N4O3S/c22-14-17-10-4-5-11-18(17)21-23-20(24-28-21)19-12-6-7-13-25(19)29(26,27)15-16-8-2-1-3-9-16/h4-5,10-11,16,19H,1-3,6-9,12-15,22H2/t19-/m0/s1. The zero-order valence-corrected chi connectivity index (χ0v) is 17.6. The summed E-state index contributed by atoms with van der Waals surface area (Å²) in [7, 11) is -3.36. The molecular weight excluding hydrogens is 388 g/mol. The van der Waals surface area contributed by atoms with Crippen LogP contribution in [0.2, 0.25) is 0 Å². The van der Waals surface area contributed by atoms with E-state index in [1.165, 1.54) is 6.42 Å². The first-order valence-electron chi connectivity index (χ1n) is 10.7. The highest BCUT2D eigenvalue weighted by Gasteiger charge is 2.37. The van der Waals surface area contributed by atoms with Crippen molar-refractivity contribution in [1.82, 2.24) is 14.4 Å². The number of piperidine rings is 1.